The molecule has 182 valence electrons. The van der Waals surface area contributed by atoms with E-state index in [0.717, 1.165) is 42.9 Å². The summed E-state index contributed by atoms with van der Waals surface area (Å²) in [5.41, 5.74) is 3.37. The normalized spacial score (nSPS) is 12.8. The molecule has 0 bridgehead atoms. The number of hydrogen-bond acceptors (Lipinski definition) is 4. The minimum Gasteiger partial charge on any atom is -0.494 e. The number of amides is 3. The van der Waals surface area contributed by atoms with Crippen LogP contribution < -0.4 is 25.6 Å². The van der Waals surface area contributed by atoms with Gasteiger partial charge in [-0.25, -0.2) is 4.79 Å². The Labute approximate surface area is 210 Å². The number of rotatable bonds is 8. The van der Waals surface area contributed by atoms with Crippen molar-refractivity contribution < 1.29 is 14.3 Å². The third-order valence-electron chi connectivity index (χ3n) is 5.74. The van der Waals surface area contributed by atoms with E-state index in [-0.39, 0.29) is 5.91 Å². The summed E-state index contributed by atoms with van der Waals surface area (Å²) in [6.45, 7) is 4.69. The molecule has 1 aliphatic rings. The Morgan fingerprint density at radius 3 is 2.49 bits per heavy atom. The van der Waals surface area contributed by atoms with Crippen LogP contribution in [-0.2, 0) is 6.54 Å². The van der Waals surface area contributed by atoms with Gasteiger partial charge in [0.2, 0.25) is 0 Å². The number of ether oxygens (including phenoxy) is 1. The lowest BCUT2D eigenvalue weighted by molar-refractivity contribution is 0.0951. The predicted molar refractivity (Wildman–Crippen MR) is 141 cm³/mol. The van der Waals surface area contributed by atoms with Crippen molar-refractivity contribution in [3.63, 3.8) is 0 Å². The van der Waals surface area contributed by atoms with E-state index in [1.54, 1.807) is 36.4 Å². The summed E-state index contributed by atoms with van der Waals surface area (Å²) in [4.78, 5) is 27.9. The first-order chi connectivity index (χ1) is 17.0. The number of para-hydroxylation sites is 1. The summed E-state index contributed by atoms with van der Waals surface area (Å²) in [7, 11) is 0. The molecule has 7 nitrogen and oxygen atoms in total. The summed E-state index contributed by atoms with van der Waals surface area (Å²) in [5, 5.41) is 9.08. The van der Waals surface area contributed by atoms with E-state index < -0.39 is 6.03 Å². The fraction of sp³-hybridized carbons (Fsp3) is 0.259. The maximum atomic E-state index is 12.9. The maximum absolute atomic E-state index is 12.9. The van der Waals surface area contributed by atoms with Gasteiger partial charge in [-0.3, -0.25) is 4.79 Å². The Hall–Kier alpha value is -3.71. The molecule has 3 amide bonds. The number of nitrogens with zero attached hydrogens (tertiary/aromatic N) is 1. The highest BCUT2D eigenvalue weighted by Crippen LogP contribution is 2.31. The van der Waals surface area contributed by atoms with Gasteiger partial charge < -0.3 is 25.6 Å². The van der Waals surface area contributed by atoms with Crippen LogP contribution in [0.4, 0.5) is 21.9 Å². The fourth-order valence-corrected chi connectivity index (χ4v) is 4.23. The highest BCUT2D eigenvalue weighted by molar-refractivity contribution is 6.33. The first-order valence-electron chi connectivity index (χ1n) is 11.7. The van der Waals surface area contributed by atoms with E-state index in [9.17, 15) is 9.59 Å². The lowest BCUT2D eigenvalue weighted by atomic mass is 10.1. The van der Waals surface area contributed by atoms with Crippen molar-refractivity contribution in [2.24, 2.45) is 0 Å². The number of urea groups is 1. The van der Waals surface area contributed by atoms with Crippen molar-refractivity contribution in [2.75, 3.05) is 35.2 Å². The van der Waals surface area contributed by atoms with Crippen molar-refractivity contribution in [3.8, 4) is 5.75 Å². The molecule has 35 heavy (non-hydrogen) atoms. The lowest BCUT2D eigenvalue weighted by Gasteiger charge is -2.22. The Bertz CT molecular complexity index is 1190. The molecular formula is C27H29ClN4O3. The monoisotopic (exact) mass is 492 g/mol. The Kier molecular flexibility index (Phi) is 8.11. The second-order valence-electron chi connectivity index (χ2n) is 8.25. The molecule has 0 saturated carbocycles. The lowest BCUT2D eigenvalue weighted by Crippen LogP contribution is -2.26. The Morgan fingerprint density at radius 2 is 1.71 bits per heavy atom. The SMILES string of the molecule is CCOc1cccc(CNC(=O)c2ccc(N3CCCC3)c(NC(=O)Nc3ccccc3Cl)c2)c1. The number of halogens is 1. The molecule has 1 aliphatic heterocycles. The second kappa shape index (κ2) is 11.6. The van der Waals surface area contributed by atoms with Crippen molar-refractivity contribution >= 4 is 40.6 Å². The smallest absolute Gasteiger partial charge is 0.323 e. The molecule has 8 heteroatoms. The van der Waals surface area contributed by atoms with Gasteiger partial charge in [0.05, 0.1) is 28.7 Å². The highest BCUT2D eigenvalue weighted by atomic mass is 35.5. The molecule has 1 saturated heterocycles. The van der Waals surface area contributed by atoms with Gasteiger partial charge in [-0.05, 0) is 67.8 Å². The van der Waals surface area contributed by atoms with Gasteiger partial charge in [0.25, 0.3) is 5.91 Å². The first kappa shape index (κ1) is 24.4. The number of nitrogens with one attached hydrogen (secondary N) is 3. The molecule has 0 aromatic heterocycles. The average Bonchev–Trinajstić information content (AvgIpc) is 3.39. The van der Waals surface area contributed by atoms with Gasteiger partial charge in [-0.15, -0.1) is 0 Å². The fourth-order valence-electron chi connectivity index (χ4n) is 4.05. The number of benzene rings is 3. The molecule has 0 radical (unpaired) electrons. The largest absolute Gasteiger partial charge is 0.494 e. The van der Waals surface area contributed by atoms with Crippen LogP contribution in [-0.4, -0.2) is 31.6 Å². The zero-order valence-corrected chi connectivity index (χ0v) is 20.4. The van der Waals surface area contributed by atoms with E-state index in [2.05, 4.69) is 20.9 Å². The van der Waals surface area contributed by atoms with Gasteiger partial charge in [0, 0.05) is 25.2 Å². The molecule has 1 heterocycles. The number of hydrogen-bond donors (Lipinski definition) is 3. The average molecular weight is 493 g/mol. The minimum absolute atomic E-state index is 0.227. The zero-order valence-electron chi connectivity index (χ0n) is 19.6. The van der Waals surface area contributed by atoms with Gasteiger partial charge in [-0.2, -0.15) is 0 Å². The van der Waals surface area contributed by atoms with Crippen molar-refractivity contribution in [3.05, 3.63) is 82.9 Å². The van der Waals surface area contributed by atoms with Crippen LogP contribution in [0.1, 0.15) is 35.7 Å². The molecule has 3 N–H and O–H groups in total. The van der Waals surface area contributed by atoms with Crippen LogP contribution in [0.25, 0.3) is 0 Å². The van der Waals surface area contributed by atoms with Crippen LogP contribution in [0, 0.1) is 0 Å². The minimum atomic E-state index is -0.427. The third-order valence-corrected chi connectivity index (χ3v) is 6.07. The Morgan fingerprint density at radius 1 is 0.943 bits per heavy atom. The van der Waals surface area contributed by atoms with Crippen LogP contribution in [0.5, 0.6) is 5.75 Å². The van der Waals surface area contributed by atoms with Crippen molar-refractivity contribution in [1.82, 2.24) is 5.32 Å². The van der Waals surface area contributed by atoms with Crippen LogP contribution in [0.3, 0.4) is 0 Å². The van der Waals surface area contributed by atoms with Gasteiger partial charge in [-0.1, -0.05) is 35.9 Å². The molecule has 0 spiro atoms. The molecule has 1 fully saturated rings. The van der Waals surface area contributed by atoms with Crippen LogP contribution >= 0.6 is 11.6 Å². The van der Waals surface area contributed by atoms with Crippen molar-refractivity contribution in [1.29, 1.82) is 0 Å². The quantitative estimate of drug-likeness (QED) is 0.365. The summed E-state index contributed by atoms with van der Waals surface area (Å²) >= 11 is 6.17. The van der Waals surface area contributed by atoms with Gasteiger partial charge in [0.15, 0.2) is 0 Å². The number of carbonyl (C=O) groups excluding carboxylic acids is 2. The molecule has 0 atom stereocenters. The Balaban J connectivity index is 1.49. The first-order valence-corrected chi connectivity index (χ1v) is 12.1. The number of anilines is 3. The summed E-state index contributed by atoms with van der Waals surface area (Å²) in [6.07, 6.45) is 2.18. The van der Waals surface area contributed by atoms with E-state index in [1.807, 2.05) is 37.3 Å². The molecule has 0 aliphatic carbocycles. The van der Waals surface area contributed by atoms with Crippen LogP contribution in [0.2, 0.25) is 5.02 Å². The van der Waals surface area contributed by atoms with E-state index >= 15 is 0 Å². The molecule has 0 unspecified atom stereocenters. The maximum Gasteiger partial charge on any atom is 0.323 e. The third kappa shape index (κ3) is 6.45. The predicted octanol–water partition coefficient (Wildman–Crippen LogP) is 5.91. The topological polar surface area (TPSA) is 82.7 Å². The zero-order chi connectivity index (χ0) is 24.6. The second-order valence-corrected chi connectivity index (χ2v) is 8.66. The molecule has 4 rings (SSSR count). The molecule has 3 aromatic carbocycles. The standard InChI is InChI=1S/C27H29ClN4O3/c1-2-35-21-9-7-8-19(16-21)18-29-26(33)20-12-13-25(32-14-5-6-15-32)24(17-20)31-27(34)30-23-11-4-3-10-22(23)28/h3-4,7-13,16-17H,2,5-6,14-15,18H2,1H3,(H,29,33)(H2,30,31,34). The summed E-state index contributed by atoms with van der Waals surface area (Å²) in [5.74, 6) is 0.541. The van der Waals surface area contributed by atoms with Crippen LogP contribution in [0.15, 0.2) is 66.7 Å². The molecule has 3 aromatic rings. The number of carbonyl (C=O) groups is 2. The highest BCUT2D eigenvalue weighted by Gasteiger charge is 2.19. The van der Waals surface area contributed by atoms with Crippen molar-refractivity contribution in [2.45, 2.75) is 26.3 Å². The van der Waals surface area contributed by atoms with E-state index in [4.69, 9.17) is 16.3 Å². The molecular weight excluding hydrogens is 464 g/mol. The van der Waals surface area contributed by atoms with Gasteiger partial charge >= 0.3 is 6.03 Å². The summed E-state index contributed by atoms with van der Waals surface area (Å²) in [6, 6.07) is 19.6. The van der Waals surface area contributed by atoms with E-state index in [1.165, 1.54) is 0 Å². The van der Waals surface area contributed by atoms with Gasteiger partial charge in [0.1, 0.15) is 5.75 Å². The van der Waals surface area contributed by atoms with E-state index in [0.29, 0.717) is 35.1 Å². The summed E-state index contributed by atoms with van der Waals surface area (Å²) < 4.78 is 5.53.